The van der Waals surface area contributed by atoms with Gasteiger partial charge in [-0.05, 0) is 73.6 Å². The van der Waals surface area contributed by atoms with Gasteiger partial charge in [-0.15, -0.1) is 4.83 Å². The van der Waals surface area contributed by atoms with Crippen molar-refractivity contribution >= 4 is 15.9 Å². The van der Waals surface area contributed by atoms with Crippen LogP contribution in [0.15, 0.2) is 41.3 Å². The third-order valence-corrected chi connectivity index (χ3v) is 5.65. The molecule has 0 aromatic heterocycles. The van der Waals surface area contributed by atoms with E-state index >= 15 is 0 Å². The molecule has 1 aliphatic carbocycles. The first-order valence-corrected chi connectivity index (χ1v) is 9.96. The van der Waals surface area contributed by atoms with Crippen LogP contribution in [0.1, 0.15) is 28.7 Å². The van der Waals surface area contributed by atoms with Gasteiger partial charge < -0.3 is 4.74 Å². The molecule has 2 N–H and O–H groups in total. The summed E-state index contributed by atoms with van der Waals surface area (Å²) in [6.07, 6.45) is 2.91. The van der Waals surface area contributed by atoms with E-state index in [0.29, 0.717) is 5.75 Å². The number of hydrogen-bond donors (Lipinski definition) is 2. The molecular formula is C19H22N2O4S. The van der Waals surface area contributed by atoms with Crippen LogP contribution in [0.2, 0.25) is 0 Å². The Kier molecular flexibility index (Phi) is 5.29. The van der Waals surface area contributed by atoms with E-state index in [1.54, 1.807) is 12.1 Å². The van der Waals surface area contributed by atoms with Gasteiger partial charge in [0.15, 0.2) is 6.61 Å². The van der Waals surface area contributed by atoms with Crippen molar-refractivity contribution in [2.45, 2.75) is 38.0 Å². The van der Waals surface area contributed by atoms with Crippen LogP contribution in [0, 0.1) is 13.8 Å². The zero-order chi connectivity index (χ0) is 18.7. The zero-order valence-corrected chi connectivity index (χ0v) is 15.7. The molecular weight excluding hydrogens is 352 g/mol. The van der Waals surface area contributed by atoms with E-state index in [9.17, 15) is 13.2 Å². The first-order chi connectivity index (χ1) is 12.3. The SMILES string of the molecule is Cc1ccc(C)c(OCC(=O)NNS(=O)(=O)c2ccc3c(c2)CCC3)c1. The molecule has 26 heavy (non-hydrogen) atoms. The van der Waals surface area contributed by atoms with E-state index < -0.39 is 15.9 Å². The minimum absolute atomic E-state index is 0.147. The highest BCUT2D eigenvalue weighted by molar-refractivity contribution is 7.89. The summed E-state index contributed by atoms with van der Waals surface area (Å²) in [6, 6.07) is 10.8. The quantitative estimate of drug-likeness (QED) is 0.759. The van der Waals surface area contributed by atoms with Crippen LogP contribution in [0.25, 0.3) is 0 Å². The Morgan fingerprint density at radius 2 is 1.85 bits per heavy atom. The number of aryl methyl sites for hydroxylation is 4. The number of carbonyl (C=O) groups excluding carboxylic acids is 1. The van der Waals surface area contributed by atoms with Crippen molar-refractivity contribution in [3.63, 3.8) is 0 Å². The smallest absolute Gasteiger partial charge is 0.272 e. The van der Waals surface area contributed by atoms with E-state index in [4.69, 9.17) is 4.74 Å². The zero-order valence-electron chi connectivity index (χ0n) is 14.8. The number of amides is 1. The second kappa shape index (κ2) is 7.47. The van der Waals surface area contributed by atoms with Crippen molar-refractivity contribution in [3.8, 4) is 5.75 Å². The maximum atomic E-state index is 12.3. The van der Waals surface area contributed by atoms with Gasteiger partial charge in [0.25, 0.3) is 15.9 Å². The number of nitrogens with one attached hydrogen (secondary N) is 2. The monoisotopic (exact) mass is 374 g/mol. The highest BCUT2D eigenvalue weighted by Crippen LogP contribution is 2.24. The van der Waals surface area contributed by atoms with Gasteiger partial charge in [-0.1, -0.05) is 18.2 Å². The number of carbonyl (C=O) groups is 1. The summed E-state index contributed by atoms with van der Waals surface area (Å²) >= 11 is 0. The third-order valence-electron chi connectivity index (χ3n) is 4.41. The lowest BCUT2D eigenvalue weighted by molar-refractivity contribution is -0.123. The van der Waals surface area contributed by atoms with Crippen molar-refractivity contribution in [1.29, 1.82) is 0 Å². The molecule has 0 bridgehead atoms. The van der Waals surface area contributed by atoms with Gasteiger partial charge in [-0.3, -0.25) is 10.2 Å². The third kappa shape index (κ3) is 4.23. The van der Waals surface area contributed by atoms with E-state index in [-0.39, 0.29) is 11.5 Å². The average Bonchev–Trinajstić information content (AvgIpc) is 3.08. The Bertz CT molecular complexity index is 939. The second-order valence-electron chi connectivity index (χ2n) is 6.50. The molecule has 0 saturated heterocycles. The molecule has 0 radical (unpaired) electrons. The van der Waals surface area contributed by atoms with Crippen LogP contribution < -0.4 is 15.0 Å². The molecule has 0 spiro atoms. The summed E-state index contributed by atoms with van der Waals surface area (Å²) in [4.78, 5) is 14.2. The molecule has 7 heteroatoms. The lowest BCUT2D eigenvalue weighted by Gasteiger charge is -2.12. The van der Waals surface area contributed by atoms with Crippen LogP contribution in [-0.2, 0) is 27.7 Å². The summed E-state index contributed by atoms with van der Waals surface area (Å²) in [7, 11) is -3.81. The van der Waals surface area contributed by atoms with Crippen LogP contribution in [0.4, 0.5) is 0 Å². The molecule has 0 aliphatic heterocycles. The molecule has 1 amide bonds. The summed E-state index contributed by atoms with van der Waals surface area (Å²) in [5.41, 5.74) is 6.36. The van der Waals surface area contributed by atoms with Crippen molar-refractivity contribution in [1.82, 2.24) is 10.3 Å². The highest BCUT2D eigenvalue weighted by Gasteiger charge is 2.19. The first-order valence-electron chi connectivity index (χ1n) is 8.48. The number of rotatable bonds is 6. The fourth-order valence-electron chi connectivity index (χ4n) is 2.94. The molecule has 0 fully saturated rings. The normalized spacial score (nSPS) is 13.3. The highest BCUT2D eigenvalue weighted by atomic mass is 32.2. The van der Waals surface area contributed by atoms with E-state index in [1.165, 1.54) is 5.56 Å². The fourth-order valence-corrected chi connectivity index (χ4v) is 3.85. The lowest BCUT2D eigenvalue weighted by Crippen LogP contribution is -2.43. The van der Waals surface area contributed by atoms with Gasteiger partial charge in [-0.2, -0.15) is 0 Å². The molecule has 2 aromatic rings. The number of ether oxygens (including phenoxy) is 1. The van der Waals surface area contributed by atoms with Gasteiger partial charge in [0, 0.05) is 0 Å². The van der Waals surface area contributed by atoms with Crippen molar-refractivity contribution in [3.05, 3.63) is 58.7 Å². The van der Waals surface area contributed by atoms with Gasteiger partial charge in [0.1, 0.15) is 5.75 Å². The Labute approximate surface area is 153 Å². The maximum absolute atomic E-state index is 12.3. The van der Waals surface area contributed by atoms with Crippen molar-refractivity contribution in [2.24, 2.45) is 0 Å². The van der Waals surface area contributed by atoms with Crippen molar-refractivity contribution in [2.75, 3.05) is 6.61 Å². The number of sulfonamides is 1. The molecule has 0 saturated carbocycles. The van der Waals surface area contributed by atoms with Crippen LogP contribution in [-0.4, -0.2) is 20.9 Å². The minimum atomic E-state index is -3.81. The Morgan fingerprint density at radius 3 is 2.65 bits per heavy atom. The molecule has 0 unspecified atom stereocenters. The van der Waals surface area contributed by atoms with Crippen LogP contribution in [0.3, 0.4) is 0 Å². The number of hydrogen-bond acceptors (Lipinski definition) is 4. The van der Waals surface area contributed by atoms with Gasteiger partial charge in [-0.25, -0.2) is 8.42 Å². The van der Waals surface area contributed by atoms with E-state index in [1.807, 2.05) is 38.1 Å². The average molecular weight is 374 g/mol. The molecule has 138 valence electrons. The second-order valence-corrected chi connectivity index (χ2v) is 8.18. The summed E-state index contributed by atoms with van der Waals surface area (Å²) in [5.74, 6) is 0.0253. The lowest BCUT2D eigenvalue weighted by atomic mass is 10.1. The molecule has 6 nitrogen and oxygen atoms in total. The number of benzene rings is 2. The Morgan fingerprint density at radius 1 is 1.08 bits per heavy atom. The number of hydrazine groups is 1. The molecule has 2 aromatic carbocycles. The van der Waals surface area contributed by atoms with E-state index in [0.717, 1.165) is 36.0 Å². The predicted molar refractivity (Wildman–Crippen MR) is 98.3 cm³/mol. The summed E-state index contributed by atoms with van der Waals surface area (Å²) in [6.45, 7) is 3.53. The Balaban J connectivity index is 1.57. The Hall–Kier alpha value is -2.38. The predicted octanol–water partition coefficient (Wildman–Crippen LogP) is 2.18. The van der Waals surface area contributed by atoms with E-state index in [2.05, 4.69) is 10.3 Å². The molecule has 1 aliphatic rings. The largest absolute Gasteiger partial charge is 0.483 e. The first kappa shape index (κ1) is 18.4. The molecule has 0 heterocycles. The van der Waals surface area contributed by atoms with Crippen molar-refractivity contribution < 1.29 is 17.9 Å². The number of fused-ring (bicyclic) bond motifs is 1. The van der Waals surface area contributed by atoms with Gasteiger partial charge in [0.05, 0.1) is 4.90 Å². The standard InChI is InChI=1S/C19H22N2O4S/c1-13-6-7-14(2)18(10-13)25-12-19(22)20-21-26(23,24)17-9-8-15-4-3-5-16(15)11-17/h6-11,21H,3-5,12H2,1-2H3,(H,20,22). The van der Waals surface area contributed by atoms with Gasteiger partial charge in [0.2, 0.25) is 0 Å². The topological polar surface area (TPSA) is 84.5 Å². The summed E-state index contributed by atoms with van der Waals surface area (Å²) < 4.78 is 30.1. The molecule has 3 rings (SSSR count). The van der Waals surface area contributed by atoms with Crippen LogP contribution in [0.5, 0.6) is 5.75 Å². The fraction of sp³-hybridized carbons (Fsp3) is 0.316. The minimum Gasteiger partial charge on any atom is -0.483 e. The van der Waals surface area contributed by atoms with Gasteiger partial charge >= 0.3 is 0 Å². The molecule has 0 atom stereocenters. The summed E-state index contributed by atoms with van der Waals surface area (Å²) in [5, 5.41) is 0. The van der Waals surface area contributed by atoms with Crippen LogP contribution >= 0.6 is 0 Å². The maximum Gasteiger partial charge on any atom is 0.272 e.